The number of phenolic OH excluding ortho intramolecular Hbond substituents is 2. The van der Waals surface area contributed by atoms with Crippen LogP contribution in [0.2, 0.25) is 5.02 Å². The smallest absolute Gasteiger partial charge is 0.326 e. The number of hydrogen-bond donors (Lipinski definition) is 4. The Morgan fingerprint density at radius 2 is 1.74 bits per heavy atom. The number of aromatic hydroxyl groups is 2. The van der Waals surface area contributed by atoms with Gasteiger partial charge in [0.05, 0.1) is 5.02 Å². The van der Waals surface area contributed by atoms with E-state index in [1.807, 2.05) is 0 Å². The molecule has 0 spiro atoms. The topological polar surface area (TPSA) is 107 Å². The van der Waals surface area contributed by atoms with Crippen LogP contribution in [0.25, 0.3) is 0 Å². The van der Waals surface area contributed by atoms with E-state index in [4.69, 9.17) is 11.6 Å². The van der Waals surface area contributed by atoms with Gasteiger partial charge in [-0.2, -0.15) is 0 Å². The largest absolute Gasteiger partial charge is 0.508 e. The van der Waals surface area contributed by atoms with Crippen molar-refractivity contribution in [3.05, 3.63) is 58.6 Å². The number of phenols is 2. The molecule has 0 aromatic heterocycles. The van der Waals surface area contributed by atoms with Crippen molar-refractivity contribution >= 4 is 23.5 Å². The first-order valence-electron chi connectivity index (χ1n) is 6.67. The maximum atomic E-state index is 12.1. The number of halogens is 1. The number of amides is 1. The van der Waals surface area contributed by atoms with Crippen molar-refractivity contribution in [2.75, 3.05) is 0 Å². The lowest BCUT2D eigenvalue weighted by molar-refractivity contribution is -0.139. The molecule has 0 aliphatic rings. The van der Waals surface area contributed by atoms with Crippen molar-refractivity contribution < 1.29 is 24.9 Å². The number of benzene rings is 2. The van der Waals surface area contributed by atoms with E-state index >= 15 is 0 Å². The van der Waals surface area contributed by atoms with E-state index in [9.17, 15) is 24.9 Å². The summed E-state index contributed by atoms with van der Waals surface area (Å²) >= 11 is 5.73. The zero-order valence-electron chi connectivity index (χ0n) is 11.9. The number of carbonyl (C=O) groups excluding carboxylic acids is 1. The summed E-state index contributed by atoms with van der Waals surface area (Å²) < 4.78 is 0. The Balaban J connectivity index is 2.12. The molecule has 23 heavy (non-hydrogen) atoms. The molecule has 2 aromatic rings. The Morgan fingerprint density at radius 3 is 2.30 bits per heavy atom. The molecule has 2 rings (SSSR count). The first-order chi connectivity index (χ1) is 10.9. The van der Waals surface area contributed by atoms with Gasteiger partial charge in [-0.1, -0.05) is 23.7 Å². The minimum absolute atomic E-state index is 0.00283. The van der Waals surface area contributed by atoms with Gasteiger partial charge < -0.3 is 20.6 Å². The zero-order chi connectivity index (χ0) is 17.0. The maximum Gasteiger partial charge on any atom is 0.326 e. The number of carboxylic acid groups (broad SMARTS) is 1. The molecule has 7 heteroatoms. The maximum absolute atomic E-state index is 12.1. The predicted molar refractivity (Wildman–Crippen MR) is 83.8 cm³/mol. The summed E-state index contributed by atoms with van der Waals surface area (Å²) in [5.41, 5.74) is 0.795. The van der Waals surface area contributed by atoms with Gasteiger partial charge in [0.2, 0.25) is 0 Å². The Bertz CT molecular complexity index is 730. The molecule has 0 fully saturated rings. The van der Waals surface area contributed by atoms with Crippen molar-refractivity contribution in [1.82, 2.24) is 5.32 Å². The van der Waals surface area contributed by atoms with Gasteiger partial charge >= 0.3 is 5.97 Å². The second-order valence-electron chi connectivity index (χ2n) is 4.90. The van der Waals surface area contributed by atoms with Crippen LogP contribution in [0, 0.1) is 0 Å². The predicted octanol–water partition coefficient (Wildman–Crippen LogP) is 2.18. The van der Waals surface area contributed by atoms with Crippen LogP contribution in [-0.2, 0) is 11.2 Å². The van der Waals surface area contributed by atoms with Crippen LogP contribution in [0.1, 0.15) is 15.9 Å². The zero-order valence-corrected chi connectivity index (χ0v) is 12.6. The Morgan fingerprint density at radius 1 is 1.09 bits per heavy atom. The molecule has 0 bridgehead atoms. The monoisotopic (exact) mass is 335 g/mol. The Labute approximate surface area is 137 Å². The van der Waals surface area contributed by atoms with E-state index in [-0.39, 0.29) is 28.5 Å². The van der Waals surface area contributed by atoms with E-state index in [0.29, 0.717) is 5.56 Å². The molecule has 1 amide bonds. The molecular formula is C16H14ClNO5. The molecule has 0 saturated carbocycles. The number of carboxylic acids is 1. The molecule has 0 unspecified atom stereocenters. The van der Waals surface area contributed by atoms with Crippen molar-refractivity contribution in [2.45, 2.75) is 12.5 Å². The minimum atomic E-state index is -1.18. The molecule has 1 atom stereocenters. The van der Waals surface area contributed by atoms with Gasteiger partial charge in [-0.15, -0.1) is 0 Å². The van der Waals surface area contributed by atoms with Crippen LogP contribution in [-0.4, -0.2) is 33.2 Å². The lowest BCUT2D eigenvalue weighted by Gasteiger charge is -2.15. The number of rotatable bonds is 5. The lowest BCUT2D eigenvalue weighted by Crippen LogP contribution is -2.42. The fraction of sp³-hybridized carbons (Fsp3) is 0.125. The van der Waals surface area contributed by atoms with Crippen molar-refractivity contribution in [1.29, 1.82) is 0 Å². The molecule has 6 nitrogen and oxygen atoms in total. The van der Waals surface area contributed by atoms with Crippen LogP contribution < -0.4 is 5.32 Å². The minimum Gasteiger partial charge on any atom is -0.508 e. The van der Waals surface area contributed by atoms with Crippen molar-refractivity contribution in [3.8, 4) is 11.5 Å². The summed E-state index contributed by atoms with van der Waals surface area (Å²) in [4.78, 5) is 23.4. The molecule has 0 radical (unpaired) electrons. The summed E-state index contributed by atoms with van der Waals surface area (Å²) in [7, 11) is 0. The van der Waals surface area contributed by atoms with Gasteiger partial charge in [-0.3, -0.25) is 4.79 Å². The molecule has 2 aromatic carbocycles. The third kappa shape index (κ3) is 4.37. The van der Waals surface area contributed by atoms with Gasteiger partial charge in [0.25, 0.3) is 5.91 Å². The normalized spacial score (nSPS) is 11.7. The van der Waals surface area contributed by atoms with Crippen molar-refractivity contribution in [2.24, 2.45) is 0 Å². The molecule has 0 aliphatic heterocycles. The molecule has 0 heterocycles. The van der Waals surface area contributed by atoms with Gasteiger partial charge in [0.1, 0.15) is 17.5 Å². The van der Waals surface area contributed by atoms with Crippen LogP contribution >= 0.6 is 11.6 Å². The summed E-state index contributed by atoms with van der Waals surface area (Å²) in [5, 5.41) is 30.2. The molecule has 0 aliphatic carbocycles. The molecule has 4 N–H and O–H groups in total. The quantitative estimate of drug-likeness (QED) is 0.670. The van der Waals surface area contributed by atoms with Crippen LogP contribution in [0.4, 0.5) is 0 Å². The van der Waals surface area contributed by atoms with Gasteiger partial charge in [0, 0.05) is 12.0 Å². The highest BCUT2D eigenvalue weighted by Crippen LogP contribution is 2.23. The number of nitrogens with one attached hydrogen (secondary N) is 1. The SMILES string of the molecule is O=C(N[C@@H](Cc1ccc(O)cc1)C(=O)O)c1ccc(O)c(Cl)c1. The summed E-state index contributed by atoms with van der Waals surface area (Å²) in [5.74, 6) is -1.89. The summed E-state index contributed by atoms with van der Waals surface area (Å²) in [6.07, 6.45) is 0.0627. The van der Waals surface area contributed by atoms with Gasteiger partial charge in [-0.25, -0.2) is 4.79 Å². The van der Waals surface area contributed by atoms with Gasteiger partial charge in [0.15, 0.2) is 0 Å². The fourth-order valence-electron chi connectivity index (χ4n) is 1.96. The average Bonchev–Trinajstić information content (AvgIpc) is 2.51. The van der Waals surface area contributed by atoms with E-state index in [0.717, 1.165) is 0 Å². The van der Waals surface area contributed by atoms with Gasteiger partial charge in [-0.05, 0) is 35.9 Å². The fourth-order valence-corrected chi connectivity index (χ4v) is 2.14. The first-order valence-corrected chi connectivity index (χ1v) is 7.04. The standard InChI is InChI=1S/C16H14ClNO5/c17-12-8-10(3-6-14(12)20)15(21)18-13(16(22)23)7-9-1-4-11(19)5-2-9/h1-6,8,13,19-20H,7H2,(H,18,21)(H,22,23)/t13-/m0/s1. The van der Waals surface area contributed by atoms with Crippen LogP contribution in [0.15, 0.2) is 42.5 Å². The molecular weight excluding hydrogens is 322 g/mol. The Kier molecular flexibility index (Phi) is 5.08. The number of aliphatic carboxylic acids is 1. The van der Waals surface area contributed by atoms with Crippen molar-refractivity contribution in [3.63, 3.8) is 0 Å². The summed E-state index contributed by atoms with van der Waals surface area (Å²) in [6, 6.07) is 8.75. The third-order valence-corrected chi connectivity index (χ3v) is 3.49. The first kappa shape index (κ1) is 16.6. The summed E-state index contributed by atoms with van der Waals surface area (Å²) in [6.45, 7) is 0. The second-order valence-corrected chi connectivity index (χ2v) is 5.31. The Hall–Kier alpha value is -2.73. The number of hydrogen-bond acceptors (Lipinski definition) is 4. The second kappa shape index (κ2) is 7.02. The lowest BCUT2D eigenvalue weighted by atomic mass is 10.1. The van der Waals surface area contributed by atoms with E-state index < -0.39 is 17.9 Å². The number of carbonyl (C=O) groups is 2. The average molecular weight is 336 g/mol. The highest BCUT2D eigenvalue weighted by molar-refractivity contribution is 6.32. The molecule has 0 saturated heterocycles. The van der Waals surface area contributed by atoms with Crippen LogP contribution in [0.5, 0.6) is 11.5 Å². The molecule has 120 valence electrons. The van der Waals surface area contributed by atoms with Crippen LogP contribution in [0.3, 0.4) is 0 Å². The van der Waals surface area contributed by atoms with E-state index in [1.165, 1.54) is 30.3 Å². The highest BCUT2D eigenvalue weighted by Gasteiger charge is 2.21. The third-order valence-electron chi connectivity index (χ3n) is 3.19. The van der Waals surface area contributed by atoms with E-state index in [1.54, 1.807) is 12.1 Å². The van der Waals surface area contributed by atoms with E-state index in [2.05, 4.69) is 5.32 Å². The highest BCUT2D eigenvalue weighted by atomic mass is 35.5.